The van der Waals surface area contributed by atoms with E-state index >= 15 is 0 Å². The molecule has 0 bridgehead atoms. The molecule has 0 spiro atoms. The zero-order valence-electron chi connectivity index (χ0n) is 23.7. The highest BCUT2D eigenvalue weighted by molar-refractivity contribution is 5.96. The molecule has 3 amide bonds. The number of likely N-dealkylation sites (tertiary alicyclic amines) is 2. The van der Waals surface area contributed by atoms with Crippen LogP contribution >= 0.6 is 0 Å². The standard InChI is InChI=1S/C30H35FN6O4/c1-30(2,3)41-29(40)35-13-10-22(11-14-35)37(21-7-8-21)27(38)20-17-33-26(34-18-20)19-6-9-24(25(31)15-19)28(39)36-12-4-5-23(36)16-32/h6,9,15,17-18,21-23H,4-5,7-8,10-14H2,1-3H3. The minimum absolute atomic E-state index is 0.00350. The van der Waals surface area contributed by atoms with Crippen LogP contribution in [0.25, 0.3) is 11.4 Å². The zero-order valence-corrected chi connectivity index (χ0v) is 23.7. The molecule has 41 heavy (non-hydrogen) atoms. The first-order valence-electron chi connectivity index (χ1n) is 14.2. The minimum atomic E-state index is -0.711. The van der Waals surface area contributed by atoms with Gasteiger partial charge in [-0.3, -0.25) is 9.59 Å². The summed E-state index contributed by atoms with van der Waals surface area (Å²) in [6, 6.07) is 5.89. The molecular weight excluding hydrogens is 527 g/mol. The molecule has 3 heterocycles. The van der Waals surface area contributed by atoms with Crippen molar-refractivity contribution in [2.45, 2.75) is 83.0 Å². The van der Waals surface area contributed by atoms with Gasteiger partial charge in [-0.25, -0.2) is 19.2 Å². The van der Waals surface area contributed by atoms with Crippen molar-refractivity contribution in [1.29, 1.82) is 5.26 Å². The van der Waals surface area contributed by atoms with Crippen molar-refractivity contribution in [3.8, 4) is 17.5 Å². The van der Waals surface area contributed by atoms with Gasteiger partial charge >= 0.3 is 6.09 Å². The van der Waals surface area contributed by atoms with E-state index in [0.717, 1.165) is 12.8 Å². The second-order valence-electron chi connectivity index (χ2n) is 11.9. The van der Waals surface area contributed by atoms with E-state index in [1.54, 1.807) is 11.0 Å². The number of halogens is 1. The quantitative estimate of drug-likeness (QED) is 0.529. The number of ether oxygens (including phenoxy) is 1. The highest BCUT2D eigenvalue weighted by Gasteiger charge is 2.40. The maximum Gasteiger partial charge on any atom is 0.410 e. The lowest BCUT2D eigenvalue weighted by molar-refractivity contribution is 0.0142. The van der Waals surface area contributed by atoms with E-state index in [0.29, 0.717) is 56.4 Å². The first kappa shape index (κ1) is 28.5. The van der Waals surface area contributed by atoms with Crippen LogP contribution in [0.15, 0.2) is 30.6 Å². The van der Waals surface area contributed by atoms with Gasteiger partial charge in [0.2, 0.25) is 0 Å². The van der Waals surface area contributed by atoms with Crippen LogP contribution in [0.3, 0.4) is 0 Å². The number of nitrogens with zero attached hydrogens (tertiary/aromatic N) is 6. The Labute approximate surface area is 239 Å². The average molecular weight is 563 g/mol. The maximum atomic E-state index is 15.0. The lowest BCUT2D eigenvalue weighted by Gasteiger charge is -2.39. The minimum Gasteiger partial charge on any atom is -0.444 e. The SMILES string of the molecule is CC(C)(C)OC(=O)N1CCC(N(C(=O)c2cnc(-c3ccc(C(=O)N4CCCC4C#N)c(F)c3)nc2)C2CC2)CC1. The fourth-order valence-electron chi connectivity index (χ4n) is 5.50. The number of aromatic nitrogens is 2. The molecule has 1 aromatic carbocycles. The molecule has 2 aromatic rings. The van der Waals surface area contributed by atoms with Crippen LogP contribution in [0.1, 0.15) is 80.0 Å². The van der Waals surface area contributed by atoms with E-state index in [2.05, 4.69) is 16.0 Å². The molecule has 1 aliphatic carbocycles. The summed E-state index contributed by atoms with van der Waals surface area (Å²) in [5.74, 6) is -1.13. The Balaban J connectivity index is 1.25. The highest BCUT2D eigenvalue weighted by Crippen LogP contribution is 2.33. The Morgan fingerprint density at radius 3 is 2.27 bits per heavy atom. The van der Waals surface area contributed by atoms with Gasteiger partial charge in [0, 0.05) is 49.7 Å². The Kier molecular flexibility index (Phi) is 7.93. The molecule has 216 valence electrons. The fraction of sp³-hybridized carbons (Fsp3) is 0.533. The van der Waals surface area contributed by atoms with E-state index in [9.17, 15) is 24.0 Å². The van der Waals surface area contributed by atoms with Gasteiger partial charge in [0.1, 0.15) is 17.5 Å². The van der Waals surface area contributed by atoms with Crippen molar-refractivity contribution in [1.82, 2.24) is 24.7 Å². The number of benzene rings is 1. The Morgan fingerprint density at radius 1 is 1.02 bits per heavy atom. The van der Waals surface area contributed by atoms with Crippen molar-refractivity contribution < 1.29 is 23.5 Å². The van der Waals surface area contributed by atoms with Crippen molar-refractivity contribution in [2.75, 3.05) is 19.6 Å². The number of rotatable bonds is 5. The molecule has 1 atom stereocenters. The van der Waals surface area contributed by atoms with Gasteiger partial charge in [0.05, 0.1) is 17.2 Å². The smallest absolute Gasteiger partial charge is 0.410 e. The summed E-state index contributed by atoms with van der Waals surface area (Å²) in [5.41, 5.74) is 0.0702. The molecule has 2 saturated heterocycles. The summed E-state index contributed by atoms with van der Waals surface area (Å²) in [6.45, 7) is 6.98. The van der Waals surface area contributed by atoms with Crippen LogP contribution in [-0.4, -0.2) is 85.9 Å². The van der Waals surface area contributed by atoms with Crippen LogP contribution in [0.5, 0.6) is 0 Å². The van der Waals surface area contributed by atoms with E-state index < -0.39 is 23.4 Å². The number of piperidine rings is 1. The first-order valence-corrected chi connectivity index (χ1v) is 14.2. The molecule has 3 aliphatic rings. The van der Waals surface area contributed by atoms with Crippen molar-refractivity contribution in [3.63, 3.8) is 0 Å². The number of hydrogen-bond donors (Lipinski definition) is 0. The van der Waals surface area contributed by atoms with Gasteiger partial charge in [-0.2, -0.15) is 5.26 Å². The predicted octanol–water partition coefficient (Wildman–Crippen LogP) is 4.41. The Bertz CT molecular complexity index is 1360. The van der Waals surface area contributed by atoms with Crippen LogP contribution in [0.4, 0.5) is 9.18 Å². The van der Waals surface area contributed by atoms with Gasteiger partial charge in [-0.05, 0) is 71.4 Å². The number of amides is 3. The fourth-order valence-corrected chi connectivity index (χ4v) is 5.50. The molecule has 10 nitrogen and oxygen atoms in total. The first-order chi connectivity index (χ1) is 19.6. The molecule has 0 radical (unpaired) electrons. The van der Waals surface area contributed by atoms with E-state index in [-0.39, 0.29) is 35.5 Å². The van der Waals surface area contributed by atoms with Crippen molar-refractivity contribution in [2.24, 2.45) is 0 Å². The third kappa shape index (κ3) is 6.32. The van der Waals surface area contributed by atoms with Crippen LogP contribution in [0.2, 0.25) is 0 Å². The summed E-state index contributed by atoms with van der Waals surface area (Å²) in [5, 5.41) is 9.26. The third-order valence-corrected chi connectivity index (χ3v) is 7.70. The molecule has 1 aromatic heterocycles. The zero-order chi connectivity index (χ0) is 29.3. The van der Waals surface area contributed by atoms with Gasteiger partial charge in [-0.1, -0.05) is 6.07 Å². The molecular formula is C30H35FN6O4. The van der Waals surface area contributed by atoms with Crippen molar-refractivity contribution in [3.05, 3.63) is 47.5 Å². The summed E-state index contributed by atoms with van der Waals surface area (Å²) < 4.78 is 20.5. The monoisotopic (exact) mass is 562 g/mol. The molecule has 2 aliphatic heterocycles. The number of carbonyl (C=O) groups excluding carboxylic acids is 3. The second-order valence-corrected chi connectivity index (χ2v) is 11.9. The third-order valence-electron chi connectivity index (χ3n) is 7.70. The Hall–Kier alpha value is -4.07. The van der Waals surface area contributed by atoms with Gasteiger partial charge in [0.25, 0.3) is 11.8 Å². The molecule has 1 unspecified atom stereocenters. The molecule has 5 rings (SSSR count). The normalized spacial score (nSPS) is 19.5. The molecule has 0 N–H and O–H groups in total. The summed E-state index contributed by atoms with van der Waals surface area (Å²) in [7, 11) is 0. The van der Waals surface area contributed by atoms with Crippen LogP contribution in [-0.2, 0) is 4.74 Å². The van der Waals surface area contributed by atoms with Crippen LogP contribution in [0, 0.1) is 17.1 Å². The van der Waals surface area contributed by atoms with E-state index in [4.69, 9.17) is 4.74 Å². The topological polar surface area (TPSA) is 120 Å². The van der Waals surface area contributed by atoms with Crippen molar-refractivity contribution >= 4 is 17.9 Å². The maximum absolute atomic E-state index is 15.0. The van der Waals surface area contributed by atoms with Crippen LogP contribution < -0.4 is 0 Å². The van der Waals surface area contributed by atoms with Gasteiger partial charge in [-0.15, -0.1) is 0 Å². The lowest BCUT2D eigenvalue weighted by Crippen LogP contribution is -2.50. The van der Waals surface area contributed by atoms with E-state index in [1.807, 2.05) is 25.7 Å². The van der Waals surface area contributed by atoms with Gasteiger partial charge < -0.3 is 19.4 Å². The summed E-state index contributed by atoms with van der Waals surface area (Å²) in [4.78, 5) is 52.5. The highest BCUT2D eigenvalue weighted by atomic mass is 19.1. The number of carbonyl (C=O) groups is 3. The lowest BCUT2D eigenvalue weighted by atomic mass is 10.0. The predicted molar refractivity (Wildman–Crippen MR) is 147 cm³/mol. The summed E-state index contributed by atoms with van der Waals surface area (Å²) >= 11 is 0. The molecule has 3 fully saturated rings. The molecule has 11 heteroatoms. The second kappa shape index (κ2) is 11.4. The largest absolute Gasteiger partial charge is 0.444 e. The average Bonchev–Trinajstić information content (AvgIpc) is 3.66. The van der Waals surface area contributed by atoms with Gasteiger partial charge in [0.15, 0.2) is 5.82 Å². The van der Waals surface area contributed by atoms with E-state index in [1.165, 1.54) is 29.4 Å². The summed E-state index contributed by atoms with van der Waals surface area (Å²) in [6.07, 6.45) is 7.08. The Morgan fingerprint density at radius 2 is 1.68 bits per heavy atom. The number of nitriles is 1. The molecule has 1 saturated carbocycles. The number of hydrogen-bond acceptors (Lipinski definition) is 7.